The predicted octanol–water partition coefficient (Wildman–Crippen LogP) is 3.81. The van der Waals surface area contributed by atoms with Gasteiger partial charge < -0.3 is 9.84 Å². The van der Waals surface area contributed by atoms with Crippen LogP contribution < -0.4 is 4.74 Å². The summed E-state index contributed by atoms with van der Waals surface area (Å²) in [7, 11) is 0. The minimum Gasteiger partial charge on any atom is -0.478 e. The van der Waals surface area contributed by atoms with E-state index in [2.05, 4.69) is 29.8 Å². The number of benzene rings is 1. The molecule has 1 aliphatic rings. The maximum absolute atomic E-state index is 11.2. The van der Waals surface area contributed by atoms with Crippen molar-refractivity contribution >= 4 is 21.9 Å². The van der Waals surface area contributed by atoms with Crippen LogP contribution in [0.3, 0.4) is 0 Å². The first-order valence-corrected chi connectivity index (χ1v) is 6.97. The van der Waals surface area contributed by atoms with Gasteiger partial charge in [-0.25, -0.2) is 4.79 Å². The van der Waals surface area contributed by atoms with E-state index in [1.807, 2.05) is 18.2 Å². The van der Waals surface area contributed by atoms with E-state index >= 15 is 0 Å². The molecule has 3 nitrogen and oxygen atoms in total. The molecule has 98 valence electrons. The van der Waals surface area contributed by atoms with Gasteiger partial charge in [0.15, 0.2) is 6.10 Å². The summed E-state index contributed by atoms with van der Waals surface area (Å²) < 4.78 is 6.71. The van der Waals surface area contributed by atoms with E-state index in [0.29, 0.717) is 11.7 Å². The highest BCUT2D eigenvalue weighted by molar-refractivity contribution is 9.10. The Bertz CT molecular complexity index is 452. The van der Waals surface area contributed by atoms with Crippen LogP contribution in [0.15, 0.2) is 22.7 Å². The summed E-state index contributed by atoms with van der Waals surface area (Å²) in [5, 5.41) is 9.19. The number of carboxylic acids is 1. The molecule has 18 heavy (non-hydrogen) atoms. The van der Waals surface area contributed by atoms with Gasteiger partial charge in [0, 0.05) is 10.4 Å². The molecule has 0 aliphatic heterocycles. The molecular formula is C14H17BrO3. The molecule has 4 heteroatoms. The second-order valence-corrected chi connectivity index (χ2v) is 5.97. The van der Waals surface area contributed by atoms with E-state index < -0.39 is 12.1 Å². The number of carboxylic acid groups (broad SMARTS) is 1. The van der Waals surface area contributed by atoms with Gasteiger partial charge in [-0.05, 0) is 42.5 Å². The lowest BCUT2D eigenvalue weighted by atomic mass is 10.0. The van der Waals surface area contributed by atoms with Gasteiger partial charge in [-0.2, -0.15) is 0 Å². The summed E-state index contributed by atoms with van der Waals surface area (Å²) in [5.41, 5.74) is 1.04. The summed E-state index contributed by atoms with van der Waals surface area (Å²) in [6.45, 7) is 4.14. The van der Waals surface area contributed by atoms with Crippen LogP contribution in [-0.2, 0) is 4.79 Å². The number of ether oxygens (including phenoxy) is 1. The van der Waals surface area contributed by atoms with Crippen LogP contribution in [0.1, 0.15) is 38.2 Å². The lowest BCUT2D eigenvalue weighted by molar-refractivity contribution is -0.146. The summed E-state index contributed by atoms with van der Waals surface area (Å²) in [5.74, 6) is 0.292. The fourth-order valence-electron chi connectivity index (χ4n) is 1.96. The van der Waals surface area contributed by atoms with E-state index in [-0.39, 0.29) is 5.92 Å². The first kappa shape index (κ1) is 13.4. The molecule has 0 bridgehead atoms. The smallest absolute Gasteiger partial charge is 0.345 e. The fourth-order valence-corrected chi connectivity index (χ4v) is 2.34. The molecule has 0 aromatic heterocycles. The maximum atomic E-state index is 11.2. The van der Waals surface area contributed by atoms with Crippen molar-refractivity contribution in [1.29, 1.82) is 0 Å². The third-order valence-electron chi connectivity index (χ3n) is 3.14. The van der Waals surface area contributed by atoms with Crippen molar-refractivity contribution < 1.29 is 14.6 Å². The third kappa shape index (κ3) is 3.05. The van der Waals surface area contributed by atoms with Crippen LogP contribution in [0.5, 0.6) is 5.75 Å². The summed E-state index contributed by atoms with van der Waals surface area (Å²) >= 11 is 3.43. The standard InChI is InChI=1S/C14H17BrO3/c1-8(2)11-7-10(15)5-6-12(11)18-13(14(16)17)9-3-4-9/h5-9,13H,3-4H2,1-2H3,(H,16,17). The van der Waals surface area contributed by atoms with Crippen LogP contribution >= 0.6 is 15.9 Å². The monoisotopic (exact) mass is 312 g/mol. The average molecular weight is 313 g/mol. The van der Waals surface area contributed by atoms with Gasteiger partial charge in [0.1, 0.15) is 5.75 Å². The third-order valence-corrected chi connectivity index (χ3v) is 3.63. The van der Waals surface area contributed by atoms with Crippen molar-refractivity contribution in [2.24, 2.45) is 5.92 Å². The zero-order chi connectivity index (χ0) is 13.3. The van der Waals surface area contributed by atoms with Gasteiger partial charge in [-0.1, -0.05) is 29.8 Å². The molecule has 0 heterocycles. The van der Waals surface area contributed by atoms with Crippen molar-refractivity contribution in [3.63, 3.8) is 0 Å². The number of halogens is 1. The average Bonchev–Trinajstić information content (AvgIpc) is 3.10. The van der Waals surface area contributed by atoms with Crippen molar-refractivity contribution in [3.05, 3.63) is 28.2 Å². The summed E-state index contributed by atoms with van der Waals surface area (Å²) in [6.07, 6.45) is 1.19. The van der Waals surface area contributed by atoms with Crippen LogP contribution in [-0.4, -0.2) is 17.2 Å². The van der Waals surface area contributed by atoms with Crippen molar-refractivity contribution in [3.8, 4) is 5.75 Å². The van der Waals surface area contributed by atoms with E-state index in [9.17, 15) is 9.90 Å². The molecule has 1 fully saturated rings. The highest BCUT2D eigenvalue weighted by atomic mass is 79.9. The first-order chi connectivity index (χ1) is 8.49. The quantitative estimate of drug-likeness (QED) is 0.899. The molecule has 1 aromatic carbocycles. The molecule has 2 rings (SSSR count). The Morgan fingerprint density at radius 3 is 2.61 bits per heavy atom. The van der Waals surface area contributed by atoms with Crippen LogP contribution in [0.2, 0.25) is 0 Å². The molecule has 1 saturated carbocycles. The van der Waals surface area contributed by atoms with Crippen LogP contribution in [0, 0.1) is 5.92 Å². The molecule has 1 unspecified atom stereocenters. The Balaban J connectivity index is 2.24. The van der Waals surface area contributed by atoms with E-state index in [1.54, 1.807) is 0 Å². The summed E-state index contributed by atoms with van der Waals surface area (Å²) in [4.78, 5) is 11.2. The van der Waals surface area contributed by atoms with Crippen molar-refractivity contribution in [1.82, 2.24) is 0 Å². The highest BCUT2D eigenvalue weighted by Gasteiger charge is 2.38. The first-order valence-electron chi connectivity index (χ1n) is 6.18. The predicted molar refractivity (Wildman–Crippen MR) is 73.0 cm³/mol. The Hall–Kier alpha value is -1.03. The molecule has 1 aliphatic carbocycles. The number of aliphatic carboxylic acids is 1. The Morgan fingerprint density at radius 1 is 1.44 bits per heavy atom. The Labute approximate surface area is 115 Å². The topological polar surface area (TPSA) is 46.5 Å². The Kier molecular flexibility index (Phi) is 3.95. The van der Waals surface area contributed by atoms with E-state index in [4.69, 9.17) is 4.74 Å². The fraction of sp³-hybridized carbons (Fsp3) is 0.500. The second kappa shape index (κ2) is 5.31. The lowest BCUT2D eigenvalue weighted by Gasteiger charge is -2.19. The number of hydrogen-bond donors (Lipinski definition) is 1. The van der Waals surface area contributed by atoms with Crippen LogP contribution in [0.25, 0.3) is 0 Å². The molecular weight excluding hydrogens is 296 g/mol. The minimum atomic E-state index is -0.866. The second-order valence-electron chi connectivity index (χ2n) is 5.05. The molecule has 1 aromatic rings. The molecule has 0 spiro atoms. The highest BCUT2D eigenvalue weighted by Crippen LogP contribution is 2.37. The number of hydrogen-bond acceptors (Lipinski definition) is 2. The minimum absolute atomic E-state index is 0.172. The normalized spacial score (nSPS) is 16.7. The van der Waals surface area contributed by atoms with E-state index in [1.165, 1.54) is 0 Å². The molecule has 0 radical (unpaired) electrons. The number of carbonyl (C=O) groups is 1. The van der Waals surface area contributed by atoms with Gasteiger partial charge in [0.05, 0.1) is 0 Å². The van der Waals surface area contributed by atoms with Gasteiger partial charge in [-0.3, -0.25) is 0 Å². The van der Waals surface area contributed by atoms with Gasteiger partial charge in [-0.15, -0.1) is 0 Å². The van der Waals surface area contributed by atoms with E-state index in [0.717, 1.165) is 22.9 Å². The lowest BCUT2D eigenvalue weighted by Crippen LogP contribution is -2.29. The SMILES string of the molecule is CC(C)c1cc(Br)ccc1OC(C(=O)O)C1CC1. The zero-order valence-electron chi connectivity index (χ0n) is 10.5. The Morgan fingerprint density at radius 2 is 2.11 bits per heavy atom. The van der Waals surface area contributed by atoms with Crippen LogP contribution in [0.4, 0.5) is 0 Å². The molecule has 1 atom stereocenters. The van der Waals surface area contributed by atoms with Gasteiger partial charge in [0.25, 0.3) is 0 Å². The van der Waals surface area contributed by atoms with Gasteiger partial charge >= 0.3 is 5.97 Å². The zero-order valence-corrected chi connectivity index (χ0v) is 12.1. The maximum Gasteiger partial charge on any atom is 0.345 e. The van der Waals surface area contributed by atoms with Crippen molar-refractivity contribution in [2.45, 2.75) is 38.7 Å². The molecule has 0 saturated heterocycles. The molecule has 1 N–H and O–H groups in total. The van der Waals surface area contributed by atoms with Gasteiger partial charge in [0.2, 0.25) is 0 Å². The number of rotatable bonds is 5. The molecule has 0 amide bonds. The summed E-state index contributed by atoms with van der Waals surface area (Å²) in [6, 6.07) is 5.72. The van der Waals surface area contributed by atoms with Crippen molar-refractivity contribution in [2.75, 3.05) is 0 Å². The largest absolute Gasteiger partial charge is 0.478 e.